The highest BCUT2D eigenvalue weighted by Gasteiger charge is 2.47. The molecule has 372 valence electrons. The Kier molecular flexibility index (Phi) is 33.3. The second kappa shape index (κ2) is 36.8. The number of hydrogen-bond acceptors (Lipinski definition) is 15. The summed E-state index contributed by atoms with van der Waals surface area (Å²) < 4.78 is 33.5. The Balaban J connectivity index is 1.85. The highest BCUT2D eigenvalue weighted by molar-refractivity contribution is 5.70. The molecule has 64 heavy (non-hydrogen) atoms. The first-order valence-corrected chi connectivity index (χ1v) is 24.7. The first-order chi connectivity index (χ1) is 31.0. The van der Waals surface area contributed by atoms with Crippen molar-refractivity contribution < 1.29 is 73.8 Å². The van der Waals surface area contributed by atoms with Gasteiger partial charge in [0.15, 0.2) is 18.7 Å². The number of ether oxygens (including phenoxy) is 6. The van der Waals surface area contributed by atoms with Crippen molar-refractivity contribution in [1.29, 1.82) is 0 Å². The van der Waals surface area contributed by atoms with Crippen LogP contribution in [0.3, 0.4) is 0 Å². The molecule has 0 amide bonds. The van der Waals surface area contributed by atoms with Gasteiger partial charge in [0.05, 0.1) is 19.8 Å². The molecular formula is C49H86O15. The average Bonchev–Trinajstić information content (AvgIpc) is 3.29. The molecule has 2 heterocycles. The fraction of sp³-hybridized carbons (Fsp3) is 0.857. The van der Waals surface area contributed by atoms with E-state index in [2.05, 4.69) is 43.9 Å². The molecule has 0 saturated carbocycles. The first kappa shape index (κ1) is 57.9. The number of esters is 2. The van der Waals surface area contributed by atoms with Gasteiger partial charge in [0.1, 0.15) is 55.4 Å². The second-order valence-electron chi connectivity index (χ2n) is 17.4. The van der Waals surface area contributed by atoms with Crippen LogP contribution in [0.4, 0.5) is 0 Å². The summed E-state index contributed by atoms with van der Waals surface area (Å²) >= 11 is 0. The number of hydrogen-bond donors (Lipinski definition) is 7. The normalized spacial score (nSPS) is 26.4. The summed E-state index contributed by atoms with van der Waals surface area (Å²) in [5.41, 5.74) is 3.28. The highest BCUT2D eigenvalue weighted by atomic mass is 16.7. The topological polar surface area (TPSA) is 231 Å². The molecule has 15 nitrogen and oxygen atoms in total. The van der Waals surface area contributed by atoms with Gasteiger partial charge in [-0.25, -0.2) is 0 Å². The van der Waals surface area contributed by atoms with Gasteiger partial charge in [0.25, 0.3) is 0 Å². The molecule has 2 fully saturated rings. The zero-order valence-electron chi connectivity index (χ0n) is 39.1. The molecule has 4 unspecified atom stereocenters. The molecule has 0 aromatic rings. The zero-order valence-corrected chi connectivity index (χ0v) is 39.1. The van der Waals surface area contributed by atoms with Crippen LogP contribution < -0.4 is 0 Å². The lowest BCUT2D eigenvalue weighted by Crippen LogP contribution is -2.61. The van der Waals surface area contributed by atoms with E-state index in [9.17, 15) is 45.3 Å². The van der Waals surface area contributed by atoms with Gasteiger partial charge in [-0.2, -0.15) is 0 Å². The molecule has 2 rings (SSSR count). The van der Waals surface area contributed by atoms with Crippen molar-refractivity contribution in [2.75, 3.05) is 26.4 Å². The lowest BCUT2D eigenvalue weighted by atomic mass is 9.98. The standard InChI is InChI=1S/C49H86O15/c1-3-5-7-9-11-13-15-17-18-20-22-24-26-28-30-32-41(52)62-37(34-59-40(51)31-29-27-25-23-21-19-16-14-12-10-8-6-4-2)35-60-48-47(58)45(56)43(54)39(64-48)36-61-49-46(57)44(55)42(53)38(33-50)63-49/h15,18-19,21,37-39,42-50,53-58H,3-14,16,20,22-36H2,1-2H3/b21-19+/t17?,37-,38-,39-,42+,43+,44?,45?,46?,47?,48-,49-/m1/s1. The van der Waals surface area contributed by atoms with Crippen LogP contribution in [0.5, 0.6) is 0 Å². The summed E-state index contributed by atoms with van der Waals surface area (Å²) in [7, 11) is 0. The number of aliphatic hydroxyl groups is 7. The third-order valence-electron chi connectivity index (χ3n) is 11.7. The fourth-order valence-electron chi connectivity index (χ4n) is 7.54. The van der Waals surface area contributed by atoms with Crippen molar-refractivity contribution in [2.45, 2.75) is 242 Å². The van der Waals surface area contributed by atoms with Crippen molar-refractivity contribution in [3.05, 3.63) is 30.0 Å². The molecule has 11 atom stereocenters. The largest absolute Gasteiger partial charge is 0.462 e. The SMILES string of the molecule is CCCCCCCC=C=CCCCCCCCC(=O)O[C@H](COC(=O)CCCCC/C=C/CCCCCCCC)CO[C@@H]1O[C@H](CO[C@@H]2O[C@H](CO)[C@H](O)C(O)C2O)[C@H](O)C(O)C1O. The molecule has 2 aliphatic rings. The Labute approximate surface area is 383 Å². The summed E-state index contributed by atoms with van der Waals surface area (Å²) in [6.45, 7) is 2.52. The minimum atomic E-state index is -1.77. The smallest absolute Gasteiger partial charge is 0.306 e. The van der Waals surface area contributed by atoms with E-state index in [1.165, 1.54) is 70.6 Å². The van der Waals surface area contributed by atoms with Gasteiger partial charge in [-0.3, -0.25) is 9.59 Å². The Bertz CT molecular complexity index is 1270. The summed E-state index contributed by atoms with van der Waals surface area (Å²) in [6.07, 6.45) is 17.1. The highest BCUT2D eigenvalue weighted by Crippen LogP contribution is 2.26. The molecule has 2 aliphatic heterocycles. The van der Waals surface area contributed by atoms with Crippen LogP contribution in [-0.4, -0.2) is 142 Å². The van der Waals surface area contributed by atoms with Crippen LogP contribution in [0.25, 0.3) is 0 Å². The van der Waals surface area contributed by atoms with Crippen molar-refractivity contribution in [3.63, 3.8) is 0 Å². The Morgan fingerprint density at radius 2 is 0.984 bits per heavy atom. The van der Waals surface area contributed by atoms with Crippen LogP contribution in [0, 0.1) is 0 Å². The van der Waals surface area contributed by atoms with Crippen LogP contribution in [-0.2, 0) is 38.0 Å². The van der Waals surface area contributed by atoms with Crippen molar-refractivity contribution in [3.8, 4) is 0 Å². The van der Waals surface area contributed by atoms with Crippen LogP contribution in [0.1, 0.15) is 174 Å². The molecular weight excluding hydrogens is 829 g/mol. The molecule has 0 radical (unpaired) electrons. The lowest BCUT2D eigenvalue weighted by Gasteiger charge is -2.42. The number of allylic oxidation sites excluding steroid dienone is 3. The second-order valence-corrected chi connectivity index (χ2v) is 17.4. The third kappa shape index (κ3) is 25.0. The molecule has 15 heteroatoms. The number of aliphatic hydroxyl groups excluding tert-OH is 7. The van der Waals surface area contributed by atoms with Crippen LogP contribution >= 0.6 is 0 Å². The van der Waals surface area contributed by atoms with Gasteiger partial charge in [-0.1, -0.05) is 109 Å². The minimum absolute atomic E-state index is 0.142. The van der Waals surface area contributed by atoms with Gasteiger partial charge in [0, 0.05) is 12.8 Å². The Morgan fingerprint density at radius 1 is 0.531 bits per heavy atom. The van der Waals surface area contributed by atoms with Crippen LogP contribution in [0.2, 0.25) is 0 Å². The molecule has 2 saturated heterocycles. The van der Waals surface area contributed by atoms with E-state index in [0.717, 1.165) is 64.2 Å². The maximum absolute atomic E-state index is 13.0. The third-order valence-corrected chi connectivity index (χ3v) is 11.7. The monoisotopic (exact) mass is 915 g/mol. The summed E-state index contributed by atoms with van der Waals surface area (Å²) in [5, 5.41) is 72.0. The number of carbonyl (C=O) groups is 2. The van der Waals surface area contributed by atoms with E-state index >= 15 is 0 Å². The maximum atomic E-state index is 13.0. The van der Waals surface area contributed by atoms with E-state index in [1.54, 1.807) is 0 Å². The number of carbonyl (C=O) groups excluding carboxylic acids is 2. The maximum Gasteiger partial charge on any atom is 0.306 e. The van der Waals surface area contributed by atoms with E-state index < -0.39 is 99.3 Å². The van der Waals surface area contributed by atoms with Crippen molar-refractivity contribution in [1.82, 2.24) is 0 Å². The lowest BCUT2D eigenvalue weighted by molar-refractivity contribution is -0.332. The minimum Gasteiger partial charge on any atom is -0.462 e. The Hall–Kier alpha value is -2.24. The fourth-order valence-corrected chi connectivity index (χ4v) is 7.54. The van der Waals surface area contributed by atoms with Gasteiger partial charge < -0.3 is 64.2 Å². The van der Waals surface area contributed by atoms with E-state index in [4.69, 9.17) is 28.4 Å². The van der Waals surface area contributed by atoms with Crippen molar-refractivity contribution in [2.24, 2.45) is 0 Å². The molecule has 0 bridgehead atoms. The summed E-state index contributed by atoms with van der Waals surface area (Å²) in [4.78, 5) is 25.7. The Morgan fingerprint density at radius 3 is 1.55 bits per heavy atom. The van der Waals surface area contributed by atoms with E-state index in [1.807, 2.05) is 0 Å². The molecule has 0 aromatic heterocycles. The zero-order chi connectivity index (χ0) is 46.8. The van der Waals surface area contributed by atoms with E-state index in [-0.39, 0.29) is 19.4 Å². The van der Waals surface area contributed by atoms with Gasteiger partial charge in [-0.15, -0.1) is 5.73 Å². The number of rotatable bonds is 37. The average molecular weight is 915 g/mol. The van der Waals surface area contributed by atoms with Gasteiger partial charge in [0.2, 0.25) is 0 Å². The molecule has 7 N–H and O–H groups in total. The molecule has 0 aliphatic carbocycles. The van der Waals surface area contributed by atoms with Gasteiger partial charge in [-0.05, 0) is 76.4 Å². The molecule has 0 spiro atoms. The summed E-state index contributed by atoms with van der Waals surface area (Å²) in [5.74, 6) is -0.964. The quantitative estimate of drug-likeness (QED) is 0.0161. The van der Waals surface area contributed by atoms with Gasteiger partial charge >= 0.3 is 11.9 Å². The number of unbranched alkanes of at least 4 members (excludes halogenated alkanes) is 19. The van der Waals surface area contributed by atoms with Crippen LogP contribution in [0.15, 0.2) is 30.0 Å². The molecule has 0 aromatic carbocycles. The predicted octanol–water partition coefficient (Wildman–Crippen LogP) is 6.14. The van der Waals surface area contributed by atoms with E-state index in [0.29, 0.717) is 12.8 Å². The first-order valence-electron chi connectivity index (χ1n) is 24.7. The summed E-state index contributed by atoms with van der Waals surface area (Å²) in [6, 6.07) is 0. The van der Waals surface area contributed by atoms with Crippen molar-refractivity contribution >= 4 is 11.9 Å². The predicted molar refractivity (Wildman–Crippen MR) is 242 cm³/mol.